The zero-order valence-corrected chi connectivity index (χ0v) is 10.7. The van der Waals surface area contributed by atoms with Crippen LogP contribution in [0.3, 0.4) is 0 Å². The van der Waals surface area contributed by atoms with Gasteiger partial charge in [-0.05, 0) is 23.6 Å². The quantitative estimate of drug-likeness (QED) is 0.741. The molecule has 0 radical (unpaired) electrons. The molecule has 1 aliphatic rings. The number of nitrogens with zero attached hydrogens (tertiary/aromatic N) is 1. The molecule has 1 aliphatic heterocycles. The van der Waals surface area contributed by atoms with Gasteiger partial charge in [0.05, 0.1) is 12.7 Å². The molecule has 7 heteroatoms. The van der Waals surface area contributed by atoms with E-state index in [1.54, 1.807) is 18.2 Å². The third-order valence-corrected chi connectivity index (χ3v) is 3.20. The van der Waals surface area contributed by atoms with Gasteiger partial charge in [0.2, 0.25) is 0 Å². The first-order chi connectivity index (χ1) is 9.34. The third kappa shape index (κ3) is 2.61. The molecule has 0 saturated heterocycles. The van der Waals surface area contributed by atoms with E-state index in [0.29, 0.717) is 16.7 Å². The third-order valence-electron chi connectivity index (χ3n) is 3.20. The van der Waals surface area contributed by atoms with Crippen molar-refractivity contribution in [3.8, 4) is 0 Å². The summed E-state index contributed by atoms with van der Waals surface area (Å²) >= 11 is 0. The first-order valence-corrected chi connectivity index (χ1v) is 5.89. The van der Waals surface area contributed by atoms with Crippen LogP contribution in [0.4, 0.5) is 13.2 Å². The van der Waals surface area contributed by atoms with E-state index in [4.69, 9.17) is 0 Å². The Morgan fingerprint density at radius 1 is 1.30 bits per heavy atom. The molecule has 1 aromatic rings. The predicted octanol–water partition coefficient (Wildman–Crippen LogP) is 1.92. The highest BCUT2D eigenvalue weighted by Gasteiger charge is 2.43. The van der Waals surface area contributed by atoms with Crippen LogP contribution in [-0.4, -0.2) is 36.6 Å². The second-order valence-electron chi connectivity index (χ2n) is 4.41. The number of rotatable bonds is 1. The first kappa shape index (κ1) is 14.4. The summed E-state index contributed by atoms with van der Waals surface area (Å²) in [6, 6.07) is 4.73. The number of amides is 1. The van der Waals surface area contributed by atoms with Crippen molar-refractivity contribution >= 4 is 11.9 Å². The Bertz CT molecular complexity index is 554. The second kappa shape index (κ2) is 5.15. The Balaban J connectivity index is 2.28. The maximum absolute atomic E-state index is 12.4. The molecule has 108 valence electrons. The maximum atomic E-state index is 12.4. The van der Waals surface area contributed by atoms with Gasteiger partial charge >= 0.3 is 18.1 Å². The summed E-state index contributed by atoms with van der Waals surface area (Å²) in [5.74, 6) is -2.39. The van der Waals surface area contributed by atoms with Crippen LogP contribution >= 0.6 is 0 Å². The molecular formula is C13H12F3NO3. The van der Waals surface area contributed by atoms with Crippen LogP contribution in [0.1, 0.15) is 21.5 Å². The van der Waals surface area contributed by atoms with Crippen LogP contribution in [0.25, 0.3) is 0 Å². The van der Waals surface area contributed by atoms with Crippen molar-refractivity contribution < 1.29 is 27.5 Å². The molecule has 1 heterocycles. The van der Waals surface area contributed by atoms with Gasteiger partial charge in [0, 0.05) is 13.1 Å². The fraction of sp³-hybridized carbons (Fsp3) is 0.385. The van der Waals surface area contributed by atoms with E-state index in [1.807, 2.05) is 0 Å². The minimum atomic E-state index is -4.88. The lowest BCUT2D eigenvalue weighted by atomic mass is 9.94. The highest BCUT2D eigenvalue weighted by Crippen LogP contribution is 2.26. The summed E-state index contributed by atoms with van der Waals surface area (Å²) in [6.45, 7) is -0.224. The minimum absolute atomic E-state index is 0.0701. The summed E-state index contributed by atoms with van der Waals surface area (Å²) < 4.78 is 41.9. The van der Waals surface area contributed by atoms with E-state index in [0.717, 1.165) is 4.90 Å². The fourth-order valence-electron chi connectivity index (χ4n) is 2.26. The van der Waals surface area contributed by atoms with Crippen molar-refractivity contribution in [1.29, 1.82) is 0 Å². The van der Waals surface area contributed by atoms with Gasteiger partial charge in [0.15, 0.2) is 0 Å². The van der Waals surface area contributed by atoms with Crippen LogP contribution in [0, 0.1) is 0 Å². The predicted molar refractivity (Wildman–Crippen MR) is 63.0 cm³/mol. The van der Waals surface area contributed by atoms with Gasteiger partial charge in [-0.15, -0.1) is 0 Å². The summed E-state index contributed by atoms with van der Waals surface area (Å²) in [4.78, 5) is 23.5. The minimum Gasteiger partial charge on any atom is -0.465 e. The highest BCUT2D eigenvalue weighted by molar-refractivity contribution is 5.91. The van der Waals surface area contributed by atoms with Crippen molar-refractivity contribution in [1.82, 2.24) is 4.90 Å². The monoisotopic (exact) mass is 287 g/mol. The lowest BCUT2D eigenvalue weighted by Crippen LogP contribution is -2.44. The maximum Gasteiger partial charge on any atom is 0.471 e. The molecule has 1 aromatic carbocycles. The average molecular weight is 287 g/mol. The Morgan fingerprint density at radius 3 is 2.60 bits per heavy atom. The van der Waals surface area contributed by atoms with Crippen molar-refractivity contribution in [3.63, 3.8) is 0 Å². The van der Waals surface area contributed by atoms with Crippen LogP contribution in [0.2, 0.25) is 0 Å². The largest absolute Gasteiger partial charge is 0.471 e. The highest BCUT2D eigenvalue weighted by atomic mass is 19.4. The molecule has 0 N–H and O–H groups in total. The number of carbonyl (C=O) groups excluding carboxylic acids is 2. The summed E-state index contributed by atoms with van der Waals surface area (Å²) in [7, 11) is 1.24. The van der Waals surface area contributed by atoms with Crippen LogP contribution in [-0.2, 0) is 22.5 Å². The molecule has 0 fully saturated rings. The van der Waals surface area contributed by atoms with Crippen molar-refractivity contribution in [3.05, 3.63) is 34.9 Å². The van der Waals surface area contributed by atoms with Crippen molar-refractivity contribution in [2.45, 2.75) is 19.1 Å². The number of hydrogen-bond acceptors (Lipinski definition) is 3. The Labute approximate surface area is 113 Å². The van der Waals surface area contributed by atoms with E-state index in [9.17, 15) is 22.8 Å². The number of methoxy groups -OCH3 is 1. The van der Waals surface area contributed by atoms with Crippen molar-refractivity contribution in [2.24, 2.45) is 0 Å². The number of benzene rings is 1. The SMILES string of the molecule is COC(=O)c1cccc2c1CCN(C(=O)C(F)(F)F)C2. The molecule has 0 unspecified atom stereocenters. The Hall–Kier alpha value is -2.05. The van der Waals surface area contributed by atoms with Gasteiger partial charge in [0.1, 0.15) is 0 Å². The number of alkyl halides is 3. The lowest BCUT2D eigenvalue weighted by Gasteiger charge is -2.30. The van der Waals surface area contributed by atoms with E-state index in [1.165, 1.54) is 7.11 Å². The molecule has 0 aliphatic carbocycles. The van der Waals surface area contributed by atoms with E-state index >= 15 is 0 Å². The lowest BCUT2D eigenvalue weighted by molar-refractivity contribution is -0.186. The second-order valence-corrected chi connectivity index (χ2v) is 4.41. The average Bonchev–Trinajstić information content (AvgIpc) is 2.43. The number of esters is 1. The molecule has 0 spiro atoms. The number of halogens is 3. The van der Waals surface area contributed by atoms with E-state index in [-0.39, 0.29) is 19.5 Å². The molecule has 0 aromatic heterocycles. The molecule has 0 bridgehead atoms. The smallest absolute Gasteiger partial charge is 0.465 e. The van der Waals surface area contributed by atoms with E-state index < -0.39 is 18.1 Å². The Morgan fingerprint density at radius 2 is 2.00 bits per heavy atom. The van der Waals surface area contributed by atoms with Crippen LogP contribution in [0.15, 0.2) is 18.2 Å². The van der Waals surface area contributed by atoms with Gasteiger partial charge < -0.3 is 9.64 Å². The molecule has 0 atom stereocenters. The number of fused-ring (bicyclic) bond motifs is 1. The molecule has 20 heavy (non-hydrogen) atoms. The molecular weight excluding hydrogens is 275 g/mol. The standard InChI is InChI=1S/C13H12F3NO3/c1-20-11(18)10-4-2-3-8-7-17(6-5-9(8)10)12(19)13(14,15)16/h2-4H,5-7H2,1H3. The summed E-state index contributed by atoms with van der Waals surface area (Å²) in [5.41, 5.74) is 1.52. The zero-order chi connectivity index (χ0) is 14.9. The van der Waals surface area contributed by atoms with Crippen LogP contribution < -0.4 is 0 Å². The molecule has 1 amide bonds. The summed E-state index contributed by atoms with van der Waals surface area (Å²) in [5, 5.41) is 0. The van der Waals surface area contributed by atoms with Crippen LogP contribution in [0.5, 0.6) is 0 Å². The molecule has 2 rings (SSSR count). The van der Waals surface area contributed by atoms with Gasteiger partial charge in [0.25, 0.3) is 0 Å². The number of ether oxygens (including phenoxy) is 1. The Kier molecular flexibility index (Phi) is 3.69. The van der Waals surface area contributed by atoms with Gasteiger partial charge in [-0.1, -0.05) is 12.1 Å². The summed E-state index contributed by atoms with van der Waals surface area (Å²) in [6.07, 6.45) is -4.68. The first-order valence-electron chi connectivity index (χ1n) is 5.89. The zero-order valence-electron chi connectivity index (χ0n) is 10.7. The topological polar surface area (TPSA) is 46.6 Å². The van der Waals surface area contributed by atoms with Crippen molar-refractivity contribution in [2.75, 3.05) is 13.7 Å². The number of carbonyl (C=O) groups is 2. The molecule has 0 saturated carbocycles. The fourth-order valence-corrected chi connectivity index (χ4v) is 2.26. The number of hydrogen-bond donors (Lipinski definition) is 0. The normalized spacial score (nSPS) is 14.7. The van der Waals surface area contributed by atoms with Gasteiger partial charge in [-0.3, -0.25) is 4.79 Å². The molecule has 4 nitrogen and oxygen atoms in total. The van der Waals surface area contributed by atoms with Gasteiger partial charge in [-0.25, -0.2) is 4.79 Å². The van der Waals surface area contributed by atoms with E-state index in [2.05, 4.69) is 4.74 Å². The van der Waals surface area contributed by atoms with Gasteiger partial charge in [-0.2, -0.15) is 13.2 Å².